The van der Waals surface area contributed by atoms with Gasteiger partial charge >= 0.3 is 5.97 Å². The molecule has 0 amide bonds. The Bertz CT molecular complexity index is 392. The molecule has 1 rings (SSSR count). The Labute approximate surface area is 122 Å². The van der Waals surface area contributed by atoms with Crippen LogP contribution in [0.15, 0.2) is 12.1 Å². The van der Waals surface area contributed by atoms with Crippen molar-refractivity contribution in [2.45, 2.75) is 26.7 Å². The number of ether oxygens (including phenoxy) is 1. The molecule has 0 saturated heterocycles. The number of carbonyl (C=O) groups is 1. The highest BCUT2D eigenvalue weighted by atomic mass is 35.5. The summed E-state index contributed by atoms with van der Waals surface area (Å²) >= 11 is 17.1. The maximum absolute atomic E-state index is 10.2. The normalized spacial score (nSPS) is 9.39. The van der Waals surface area contributed by atoms with Crippen molar-refractivity contribution in [3.8, 4) is 5.75 Å². The van der Waals surface area contributed by atoms with Crippen molar-refractivity contribution < 1.29 is 14.6 Å². The summed E-state index contributed by atoms with van der Waals surface area (Å²) in [5, 5.41) is 9.14. The number of hydrogen-bond acceptors (Lipinski definition) is 2. The van der Waals surface area contributed by atoms with Gasteiger partial charge in [-0.2, -0.15) is 0 Å². The molecule has 0 atom stereocenters. The minimum absolute atomic E-state index is 0.198. The van der Waals surface area contributed by atoms with Crippen LogP contribution in [0, 0.1) is 0 Å². The van der Waals surface area contributed by atoms with E-state index in [2.05, 4.69) is 13.8 Å². The van der Waals surface area contributed by atoms with E-state index in [0.717, 1.165) is 0 Å². The Morgan fingerprint density at radius 3 is 2.06 bits per heavy atom. The van der Waals surface area contributed by atoms with Crippen LogP contribution in [0.3, 0.4) is 0 Å². The fraction of sp³-hybridized carbons (Fsp3) is 0.417. The van der Waals surface area contributed by atoms with Gasteiger partial charge in [0.2, 0.25) is 0 Å². The highest BCUT2D eigenvalue weighted by Gasteiger charge is 2.08. The van der Waals surface area contributed by atoms with E-state index < -0.39 is 12.6 Å². The molecule has 18 heavy (non-hydrogen) atoms. The number of hydrogen-bond donors (Lipinski definition) is 1. The fourth-order valence-corrected chi connectivity index (χ4v) is 1.35. The Morgan fingerprint density at radius 2 is 1.61 bits per heavy atom. The largest absolute Gasteiger partial charge is 0.480 e. The SMILES string of the molecule is CCCC.O=C(O)COc1cc(Cl)c(Cl)cc1Cl. The molecule has 0 heterocycles. The van der Waals surface area contributed by atoms with E-state index in [1.54, 1.807) is 0 Å². The predicted molar refractivity (Wildman–Crippen MR) is 75.2 cm³/mol. The zero-order valence-corrected chi connectivity index (χ0v) is 12.4. The minimum Gasteiger partial charge on any atom is -0.480 e. The third kappa shape index (κ3) is 6.94. The van der Waals surface area contributed by atoms with Crippen LogP contribution in [0.5, 0.6) is 5.75 Å². The third-order valence-corrected chi connectivity index (χ3v) is 2.84. The van der Waals surface area contributed by atoms with Gasteiger partial charge in [0, 0.05) is 6.07 Å². The van der Waals surface area contributed by atoms with Crippen LogP contribution in [0.4, 0.5) is 0 Å². The average molecular weight is 314 g/mol. The van der Waals surface area contributed by atoms with E-state index in [1.807, 2.05) is 0 Å². The molecule has 1 aromatic rings. The monoisotopic (exact) mass is 312 g/mol. The summed E-state index contributed by atoms with van der Waals surface area (Å²) in [6.07, 6.45) is 2.64. The summed E-state index contributed by atoms with van der Waals surface area (Å²) in [6.45, 7) is 3.89. The summed E-state index contributed by atoms with van der Waals surface area (Å²) in [7, 11) is 0. The van der Waals surface area contributed by atoms with Crippen LogP contribution in [-0.4, -0.2) is 17.7 Å². The molecular formula is C12H15Cl3O3. The molecule has 0 bridgehead atoms. The second-order valence-corrected chi connectivity index (χ2v) is 4.60. The van der Waals surface area contributed by atoms with E-state index in [1.165, 1.54) is 25.0 Å². The molecule has 6 heteroatoms. The van der Waals surface area contributed by atoms with E-state index >= 15 is 0 Å². The third-order valence-electron chi connectivity index (χ3n) is 1.83. The number of unbranched alkanes of at least 4 members (excludes halogenated alkanes) is 1. The average Bonchev–Trinajstić information content (AvgIpc) is 2.32. The van der Waals surface area contributed by atoms with Crippen molar-refractivity contribution in [3.05, 3.63) is 27.2 Å². The summed E-state index contributed by atoms with van der Waals surface area (Å²) in [5.41, 5.74) is 0. The zero-order chi connectivity index (χ0) is 14.1. The van der Waals surface area contributed by atoms with Crippen molar-refractivity contribution >= 4 is 40.8 Å². The van der Waals surface area contributed by atoms with Gasteiger partial charge in [-0.25, -0.2) is 4.79 Å². The van der Waals surface area contributed by atoms with Gasteiger partial charge in [-0.1, -0.05) is 61.5 Å². The quantitative estimate of drug-likeness (QED) is 0.803. The number of benzene rings is 1. The summed E-state index contributed by atoms with van der Waals surface area (Å²) in [5.74, 6) is -0.893. The first kappa shape index (κ1) is 17.4. The number of halogens is 3. The maximum atomic E-state index is 10.2. The van der Waals surface area contributed by atoms with Gasteiger partial charge in [0.15, 0.2) is 6.61 Å². The smallest absolute Gasteiger partial charge is 0.341 e. The molecule has 0 aliphatic heterocycles. The highest BCUT2D eigenvalue weighted by molar-refractivity contribution is 6.43. The van der Waals surface area contributed by atoms with Gasteiger partial charge in [0.25, 0.3) is 0 Å². The molecule has 102 valence electrons. The van der Waals surface area contributed by atoms with Crippen LogP contribution in [0.25, 0.3) is 0 Å². The van der Waals surface area contributed by atoms with Gasteiger partial charge in [-0.15, -0.1) is 0 Å². The molecule has 1 N–H and O–H groups in total. The van der Waals surface area contributed by atoms with Gasteiger partial charge in [0.1, 0.15) is 5.75 Å². The van der Waals surface area contributed by atoms with Crippen LogP contribution < -0.4 is 4.74 Å². The first-order chi connectivity index (χ1) is 8.42. The molecular weight excluding hydrogens is 298 g/mol. The van der Waals surface area contributed by atoms with E-state index in [-0.39, 0.29) is 15.8 Å². The first-order valence-corrected chi connectivity index (χ1v) is 6.54. The van der Waals surface area contributed by atoms with Crippen molar-refractivity contribution in [3.63, 3.8) is 0 Å². The molecule has 0 radical (unpaired) electrons. The second kappa shape index (κ2) is 9.31. The number of aliphatic carboxylic acids is 1. The Hall–Kier alpha value is -0.640. The van der Waals surface area contributed by atoms with Gasteiger partial charge in [0.05, 0.1) is 15.1 Å². The van der Waals surface area contributed by atoms with Crippen LogP contribution in [-0.2, 0) is 4.79 Å². The standard InChI is InChI=1S/C8H5Cl3O3.C4H10/c9-4-1-6(11)7(2-5(4)10)14-3-8(12)13;1-3-4-2/h1-2H,3H2,(H,12,13);3-4H2,1-2H3. The van der Waals surface area contributed by atoms with Gasteiger partial charge in [-0.3, -0.25) is 0 Å². The lowest BCUT2D eigenvalue weighted by atomic mass is 10.3. The molecule has 3 nitrogen and oxygen atoms in total. The van der Waals surface area contributed by atoms with Crippen molar-refractivity contribution in [2.24, 2.45) is 0 Å². The summed E-state index contributed by atoms with van der Waals surface area (Å²) in [4.78, 5) is 10.2. The van der Waals surface area contributed by atoms with Gasteiger partial charge < -0.3 is 9.84 Å². The summed E-state index contributed by atoms with van der Waals surface area (Å²) < 4.78 is 4.86. The Morgan fingerprint density at radius 1 is 1.11 bits per heavy atom. The fourth-order valence-electron chi connectivity index (χ4n) is 0.754. The molecule has 0 aliphatic carbocycles. The topological polar surface area (TPSA) is 46.5 Å². The molecule has 0 unspecified atom stereocenters. The molecule has 0 aliphatic rings. The molecule has 0 aromatic heterocycles. The molecule has 0 fully saturated rings. The second-order valence-electron chi connectivity index (χ2n) is 3.38. The number of rotatable bonds is 4. The van der Waals surface area contributed by atoms with Crippen molar-refractivity contribution in [2.75, 3.05) is 6.61 Å². The van der Waals surface area contributed by atoms with E-state index in [4.69, 9.17) is 44.6 Å². The van der Waals surface area contributed by atoms with E-state index in [0.29, 0.717) is 5.02 Å². The lowest BCUT2D eigenvalue weighted by Gasteiger charge is -2.06. The maximum Gasteiger partial charge on any atom is 0.341 e. The lowest BCUT2D eigenvalue weighted by molar-refractivity contribution is -0.139. The molecule has 0 spiro atoms. The Kier molecular flexibility index (Phi) is 8.98. The number of carboxylic acid groups (broad SMARTS) is 1. The predicted octanol–water partition coefficient (Wildman–Crippen LogP) is 4.92. The zero-order valence-electron chi connectivity index (χ0n) is 10.2. The molecule has 0 saturated carbocycles. The van der Waals surface area contributed by atoms with Crippen LogP contribution in [0.1, 0.15) is 26.7 Å². The van der Waals surface area contributed by atoms with Crippen LogP contribution in [0.2, 0.25) is 15.1 Å². The first-order valence-electron chi connectivity index (χ1n) is 5.41. The van der Waals surface area contributed by atoms with Crippen LogP contribution >= 0.6 is 34.8 Å². The van der Waals surface area contributed by atoms with E-state index in [9.17, 15) is 4.79 Å². The lowest BCUT2D eigenvalue weighted by Crippen LogP contribution is -2.09. The highest BCUT2D eigenvalue weighted by Crippen LogP contribution is 2.33. The molecule has 1 aromatic carbocycles. The summed E-state index contributed by atoms with van der Waals surface area (Å²) in [6, 6.07) is 2.76. The minimum atomic E-state index is -1.09. The van der Waals surface area contributed by atoms with Gasteiger partial charge in [-0.05, 0) is 6.07 Å². The Balaban J connectivity index is 0.000000631. The van der Waals surface area contributed by atoms with Crippen molar-refractivity contribution in [1.82, 2.24) is 0 Å². The number of carboxylic acids is 1. The van der Waals surface area contributed by atoms with Crippen molar-refractivity contribution in [1.29, 1.82) is 0 Å².